The molecule has 0 radical (unpaired) electrons. The van der Waals surface area contributed by atoms with Crippen molar-refractivity contribution in [2.45, 2.75) is 6.54 Å². The van der Waals surface area contributed by atoms with E-state index in [-0.39, 0.29) is 11.5 Å². The SMILES string of the molecule is N#Cc1ccccc1NC(=O)c1nc(C(=O)NCc2ccncc2)c2ccccn12. The summed E-state index contributed by atoms with van der Waals surface area (Å²) in [6, 6.07) is 17.5. The van der Waals surface area contributed by atoms with Gasteiger partial charge in [-0.2, -0.15) is 5.26 Å². The van der Waals surface area contributed by atoms with Gasteiger partial charge >= 0.3 is 0 Å². The lowest BCUT2D eigenvalue weighted by molar-refractivity contribution is 0.0948. The number of benzene rings is 1. The van der Waals surface area contributed by atoms with Gasteiger partial charge in [-0.25, -0.2) is 4.98 Å². The Bertz CT molecular complexity index is 1270. The van der Waals surface area contributed by atoms with Crippen LogP contribution in [0.1, 0.15) is 32.2 Å². The minimum absolute atomic E-state index is 0.0485. The van der Waals surface area contributed by atoms with Crippen LogP contribution in [0.4, 0.5) is 5.69 Å². The minimum atomic E-state index is -0.521. The molecule has 0 unspecified atom stereocenters. The van der Waals surface area contributed by atoms with Gasteiger partial charge in [-0.3, -0.25) is 19.0 Å². The summed E-state index contributed by atoms with van der Waals surface area (Å²) in [5.74, 6) is -0.869. The van der Waals surface area contributed by atoms with Crippen molar-refractivity contribution in [3.8, 4) is 6.07 Å². The Hall–Kier alpha value is -4.51. The van der Waals surface area contributed by atoms with Crippen molar-refractivity contribution in [2.75, 3.05) is 5.32 Å². The first kappa shape index (κ1) is 18.8. The number of anilines is 1. The molecule has 8 heteroatoms. The summed E-state index contributed by atoms with van der Waals surface area (Å²) in [5, 5.41) is 14.7. The first-order chi connectivity index (χ1) is 14.7. The third-order valence-electron chi connectivity index (χ3n) is 4.46. The molecule has 3 heterocycles. The van der Waals surface area contributed by atoms with Crippen molar-refractivity contribution in [3.63, 3.8) is 0 Å². The molecule has 0 atom stereocenters. The standard InChI is InChI=1S/C22H16N6O2/c23-13-16-5-1-2-6-17(16)26-22(30)20-27-19(18-7-3-4-12-28(18)20)21(29)25-14-15-8-10-24-11-9-15/h1-12H,14H2,(H,25,29)(H,26,30). The molecule has 2 N–H and O–H groups in total. The van der Waals surface area contributed by atoms with Crippen LogP contribution in [-0.4, -0.2) is 26.2 Å². The number of para-hydroxylation sites is 1. The van der Waals surface area contributed by atoms with E-state index in [1.165, 1.54) is 0 Å². The number of nitrogens with zero attached hydrogens (tertiary/aromatic N) is 4. The number of carbonyl (C=O) groups excluding carboxylic acids is 2. The van der Waals surface area contributed by atoms with Crippen molar-refractivity contribution >= 4 is 23.0 Å². The normalized spacial score (nSPS) is 10.4. The Morgan fingerprint density at radius 3 is 2.57 bits per heavy atom. The highest BCUT2D eigenvalue weighted by Crippen LogP contribution is 2.18. The second kappa shape index (κ2) is 8.24. The molecule has 4 aromatic rings. The van der Waals surface area contributed by atoms with Gasteiger partial charge in [0.25, 0.3) is 11.8 Å². The Balaban J connectivity index is 1.63. The van der Waals surface area contributed by atoms with Crippen molar-refractivity contribution in [1.29, 1.82) is 5.26 Å². The average molecular weight is 396 g/mol. The number of nitriles is 1. The molecule has 0 saturated carbocycles. The zero-order valence-electron chi connectivity index (χ0n) is 15.7. The van der Waals surface area contributed by atoms with Gasteiger partial charge in [-0.05, 0) is 42.0 Å². The Kier molecular flexibility index (Phi) is 5.17. The zero-order chi connectivity index (χ0) is 20.9. The molecular formula is C22H16N6O2. The smallest absolute Gasteiger partial charge is 0.292 e. The Labute approximate surface area is 171 Å². The molecule has 0 bridgehead atoms. The van der Waals surface area contributed by atoms with E-state index < -0.39 is 11.8 Å². The van der Waals surface area contributed by atoms with Crippen molar-refractivity contribution in [3.05, 3.63) is 95.8 Å². The quantitative estimate of drug-likeness (QED) is 0.539. The summed E-state index contributed by atoms with van der Waals surface area (Å²) in [6.45, 7) is 0.310. The summed E-state index contributed by atoms with van der Waals surface area (Å²) < 4.78 is 1.55. The average Bonchev–Trinajstić information content (AvgIpc) is 3.18. The van der Waals surface area contributed by atoms with E-state index in [9.17, 15) is 14.9 Å². The maximum absolute atomic E-state index is 12.9. The van der Waals surface area contributed by atoms with E-state index in [0.717, 1.165) is 5.56 Å². The molecule has 4 rings (SSSR count). The highest BCUT2D eigenvalue weighted by molar-refractivity contribution is 6.06. The van der Waals surface area contributed by atoms with Gasteiger partial charge in [0.15, 0.2) is 5.69 Å². The number of amides is 2. The molecule has 0 saturated heterocycles. The largest absolute Gasteiger partial charge is 0.347 e. The lowest BCUT2D eigenvalue weighted by Crippen LogP contribution is -2.23. The number of hydrogen-bond acceptors (Lipinski definition) is 5. The second-order valence-electron chi connectivity index (χ2n) is 6.39. The fourth-order valence-corrected chi connectivity index (χ4v) is 3.00. The van der Waals surface area contributed by atoms with Crippen LogP contribution in [0.3, 0.4) is 0 Å². The molecule has 3 aromatic heterocycles. The number of rotatable bonds is 5. The van der Waals surface area contributed by atoms with Crippen LogP contribution in [-0.2, 0) is 6.54 Å². The van der Waals surface area contributed by atoms with E-state index >= 15 is 0 Å². The van der Waals surface area contributed by atoms with E-state index in [0.29, 0.717) is 23.3 Å². The molecular weight excluding hydrogens is 380 g/mol. The molecule has 146 valence electrons. The molecule has 0 fully saturated rings. The molecule has 2 amide bonds. The van der Waals surface area contributed by atoms with Gasteiger partial charge in [0.05, 0.1) is 16.8 Å². The van der Waals surface area contributed by atoms with Crippen LogP contribution in [0.25, 0.3) is 5.52 Å². The maximum Gasteiger partial charge on any atom is 0.292 e. The number of carbonyl (C=O) groups is 2. The van der Waals surface area contributed by atoms with Crippen LogP contribution in [0.2, 0.25) is 0 Å². The lowest BCUT2D eigenvalue weighted by Gasteiger charge is -2.05. The third kappa shape index (κ3) is 3.72. The van der Waals surface area contributed by atoms with Gasteiger partial charge in [-0.1, -0.05) is 18.2 Å². The minimum Gasteiger partial charge on any atom is -0.347 e. The summed E-state index contributed by atoms with van der Waals surface area (Å²) >= 11 is 0. The van der Waals surface area contributed by atoms with Gasteiger partial charge in [-0.15, -0.1) is 0 Å². The van der Waals surface area contributed by atoms with Crippen molar-refractivity contribution < 1.29 is 9.59 Å². The van der Waals surface area contributed by atoms with E-state index in [2.05, 4.69) is 20.6 Å². The number of fused-ring (bicyclic) bond motifs is 1. The van der Waals surface area contributed by atoms with Crippen LogP contribution >= 0.6 is 0 Å². The molecule has 0 aliphatic carbocycles. The van der Waals surface area contributed by atoms with Crippen LogP contribution < -0.4 is 10.6 Å². The van der Waals surface area contributed by atoms with Gasteiger partial charge in [0.1, 0.15) is 6.07 Å². The van der Waals surface area contributed by atoms with Gasteiger partial charge in [0, 0.05) is 25.1 Å². The fraction of sp³-hybridized carbons (Fsp3) is 0.0455. The van der Waals surface area contributed by atoms with Crippen molar-refractivity contribution in [1.82, 2.24) is 19.7 Å². The first-order valence-electron chi connectivity index (χ1n) is 9.12. The number of nitrogens with one attached hydrogen (secondary N) is 2. The molecule has 0 spiro atoms. The number of aromatic nitrogens is 3. The Morgan fingerprint density at radius 1 is 1.00 bits per heavy atom. The molecule has 0 aliphatic heterocycles. The predicted octanol–water partition coefficient (Wildman–Crippen LogP) is 2.78. The third-order valence-corrected chi connectivity index (χ3v) is 4.46. The molecule has 1 aromatic carbocycles. The van der Waals surface area contributed by atoms with E-state index in [4.69, 9.17) is 0 Å². The summed E-state index contributed by atoms with van der Waals surface area (Å²) in [4.78, 5) is 33.9. The first-order valence-corrected chi connectivity index (χ1v) is 9.12. The van der Waals surface area contributed by atoms with Gasteiger partial charge < -0.3 is 10.6 Å². The Morgan fingerprint density at radius 2 is 1.77 bits per heavy atom. The number of pyridine rings is 2. The van der Waals surface area contributed by atoms with E-state index in [1.54, 1.807) is 77.6 Å². The molecule has 0 aliphatic rings. The summed E-state index contributed by atoms with van der Waals surface area (Å²) in [5.41, 5.74) is 2.25. The number of imidazole rings is 1. The zero-order valence-corrected chi connectivity index (χ0v) is 15.7. The number of hydrogen-bond donors (Lipinski definition) is 2. The molecule has 30 heavy (non-hydrogen) atoms. The highest BCUT2D eigenvalue weighted by atomic mass is 16.2. The molecule has 8 nitrogen and oxygen atoms in total. The summed E-state index contributed by atoms with van der Waals surface area (Å²) in [7, 11) is 0. The monoisotopic (exact) mass is 396 g/mol. The van der Waals surface area contributed by atoms with Gasteiger partial charge in [0.2, 0.25) is 5.82 Å². The predicted molar refractivity (Wildman–Crippen MR) is 110 cm³/mol. The lowest BCUT2D eigenvalue weighted by atomic mass is 10.2. The van der Waals surface area contributed by atoms with E-state index in [1.807, 2.05) is 6.07 Å². The topological polar surface area (TPSA) is 112 Å². The fourth-order valence-electron chi connectivity index (χ4n) is 3.00. The summed E-state index contributed by atoms with van der Waals surface area (Å²) in [6.07, 6.45) is 4.96. The van der Waals surface area contributed by atoms with Crippen LogP contribution in [0.5, 0.6) is 0 Å². The van der Waals surface area contributed by atoms with Crippen LogP contribution in [0, 0.1) is 11.3 Å². The van der Waals surface area contributed by atoms with Crippen LogP contribution in [0.15, 0.2) is 73.2 Å². The maximum atomic E-state index is 12.9. The highest BCUT2D eigenvalue weighted by Gasteiger charge is 2.22. The second-order valence-corrected chi connectivity index (χ2v) is 6.39. The van der Waals surface area contributed by atoms with Crippen molar-refractivity contribution in [2.24, 2.45) is 0 Å².